The van der Waals surface area contributed by atoms with E-state index in [0.29, 0.717) is 10.8 Å². The van der Waals surface area contributed by atoms with Crippen molar-refractivity contribution in [3.05, 3.63) is 77.1 Å². The Morgan fingerprint density at radius 2 is 1.73 bits per heavy atom. The number of anilines is 1. The fraction of sp³-hybridized carbons (Fsp3) is 0.150. The summed E-state index contributed by atoms with van der Waals surface area (Å²) >= 11 is 5.78. The van der Waals surface area contributed by atoms with E-state index in [1.165, 1.54) is 12.1 Å². The Kier molecular flexibility index (Phi) is 6.53. The van der Waals surface area contributed by atoms with Gasteiger partial charge >= 0.3 is 6.03 Å². The van der Waals surface area contributed by atoms with Gasteiger partial charge in [0.25, 0.3) is 10.0 Å². The van der Waals surface area contributed by atoms with Crippen molar-refractivity contribution in [2.24, 2.45) is 0 Å². The van der Waals surface area contributed by atoms with Gasteiger partial charge in [0.2, 0.25) is 0 Å². The summed E-state index contributed by atoms with van der Waals surface area (Å²) in [7, 11) is -4.03. The molecule has 2 aromatic carbocycles. The van der Waals surface area contributed by atoms with Crippen LogP contribution in [0.15, 0.2) is 77.0 Å². The predicted octanol–water partition coefficient (Wildman–Crippen LogP) is 3.50. The van der Waals surface area contributed by atoms with Crippen molar-refractivity contribution < 1.29 is 17.9 Å². The lowest BCUT2D eigenvalue weighted by atomic mass is 10.2. The largest absolute Gasteiger partial charge is 0.473 e. The van der Waals surface area contributed by atoms with Crippen LogP contribution in [0.1, 0.15) is 13.8 Å². The Bertz CT molecular complexity index is 1080. The number of hydrazine groups is 1. The Morgan fingerprint density at radius 1 is 1.07 bits per heavy atom. The topological polar surface area (TPSA) is 99.8 Å². The number of allylic oxidation sites excluding steroid dienone is 4. The molecule has 3 N–H and O–H groups in total. The number of ether oxygens (including phenoxy) is 1. The Hall–Kier alpha value is -3.17. The number of hydrogen-bond acceptors (Lipinski definition) is 6. The molecule has 158 valence electrons. The van der Waals surface area contributed by atoms with E-state index in [-0.39, 0.29) is 11.6 Å². The van der Waals surface area contributed by atoms with Gasteiger partial charge in [0.05, 0.1) is 10.6 Å². The van der Waals surface area contributed by atoms with Crippen LogP contribution in [0.25, 0.3) is 0 Å². The van der Waals surface area contributed by atoms with Crippen molar-refractivity contribution in [3.8, 4) is 5.75 Å². The van der Waals surface area contributed by atoms with Gasteiger partial charge in [-0.3, -0.25) is 10.4 Å². The van der Waals surface area contributed by atoms with Gasteiger partial charge in [-0.1, -0.05) is 11.6 Å². The van der Waals surface area contributed by atoms with Gasteiger partial charge in [0, 0.05) is 16.4 Å². The van der Waals surface area contributed by atoms with E-state index in [1.54, 1.807) is 36.4 Å². The quantitative estimate of drug-likeness (QED) is 0.585. The number of benzene rings is 2. The van der Waals surface area contributed by atoms with Crippen LogP contribution >= 0.6 is 11.6 Å². The highest BCUT2D eigenvalue weighted by atomic mass is 35.5. The van der Waals surface area contributed by atoms with Crippen LogP contribution in [0.2, 0.25) is 5.02 Å². The first kappa shape index (κ1) is 21.5. The first-order chi connectivity index (χ1) is 14.2. The molecule has 0 saturated heterocycles. The number of urea groups is 1. The average Bonchev–Trinajstić information content (AvgIpc) is 2.71. The summed E-state index contributed by atoms with van der Waals surface area (Å²) in [5.41, 5.74) is 5.86. The number of amides is 2. The fourth-order valence-electron chi connectivity index (χ4n) is 2.60. The molecule has 10 heteroatoms. The highest BCUT2D eigenvalue weighted by Gasteiger charge is 2.19. The molecule has 30 heavy (non-hydrogen) atoms. The zero-order chi connectivity index (χ0) is 21.7. The molecule has 0 spiro atoms. The van der Waals surface area contributed by atoms with Gasteiger partial charge in [-0.15, -0.1) is 0 Å². The third-order valence-corrected chi connectivity index (χ3v) is 5.73. The molecule has 0 unspecified atom stereocenters. The second kappa shape index (κ2) is 9.10. The van der Waals surface area contributed by atoms with Gasteiger partial charge in [-0.2, -0.15) is 0 Å². The maximum Gasteiger partial charge on any atom is 0.331 e. The van der Waals surface area contributed by atoms with Gasteiger partial charge in [0.1, 0.15) is 5.75 Å². The molecular formula is C20H21ClN4O4S. The highest BCUT2D eigenvalue weighted by Crippen LogP contribution is 2.22. The van der Waals surface area contributed by atoms with E-state index in [0.717, 1.165) is 17.1 Å². The Labute approximate surface area is 180 Å². The third kappa shape index (κ3) is 5.46. The minimum absolute atomic E-state index is 0.0362. The maximum absolute atomic E-state index is 12.4. The molecule has 0 bridgehead atoms. The van der Waals surface area contributed by atoms with Gasteiger partial charge in [-0.25, -0.2) is 17.9 Å². The van der Waals surface area contributed by atoms with Crippen molar-refractivity contribution in [2.75, 3.05) is 11.7 Å². The molecule has 2 aromatic rings. The molecule has 2 amide bonds. The molecule has 1 heterocycles. The minimum Gasteiger partial charge on any atom is -0.473 e. The van der Waals surface area contributed by atoms with E-state index in [9.17, 15) is 13.2 Å². The first-order valence-electron chi connectivity index (χ1n) is 8.96. The number of nitrogens with one attached hydrogen (secondary N) is 3. The summed E-state index contributed by atoms with van der Waals surface area (Å²) in [6.07, 6.45) is 3.90. The fourth-order valence-corrected chi connectivity index (χ4v) is 3.65. The first-order valence-corrected chi connectivity index (χ1v) is 10.8. The van der Waals surface area contributed by atoms with E-state index >= 15 is 0 Å². The van der Waals surface area contributed by atoms with Gasteiger partial charge in [0.15, 0.2) is 6.73 Å². The monoisotopic (exact) mass is 448 g/mol. The molecule has 0 aliphatic carbocycles. The van der Waals surface area contributed by atoms with Crippen LogP contribution in [-0.4, -0.2) is 21.2 Å². The second-order valence-corrected chi connectivity index (χ2v) is 8.57. The molecule has 0 saturated carbocycles. The molecule has 0 radical (unpaired) electrons. The highest BCUT2D eigenvalue weighted by molar-refractivity contribution is 7.90. The van der Waals surface area contributed by atoms with Crippen molar-refractivity contribution in [1.82, 2.24) is 15.5 Å². The van der Waals surface area contributed by atoms with Crippen LogP contribution < -0.4 is 25.2 Å². The van der Waals surface area contributed by atoms with E-state index in [4.69, 9.17) is 16.3 Å². The third-order valence-electron chi connectivity index (χ3n) is 4.13. The van der Waals surface area contributed by atoms with Crippen LogP contribution in [0.4, 0.5) is 10.5 Å². The van der Waals surface area contributed by atoms with Gasteiger partial charge < -0.3 is 10.1 Å². The summed E-state index contributed by atoms with van der Waals surface area (Å²) in [4.78, 5) is 11.9. The van der Waals surface area contributed by atoms with Crippen molar-refractivity contribution in [2.45, 2.75) is 18.7 Å². The zero-order valence-corrected chi connectivity index (χ0v) is 17.9. The van der Waals surface area contributed by atoms with E-state index < -0.39 is 16.1 Å². The number of nitrogens with zero attached hydrogens (tertiary/aromatic N) is 1. The summed E-state index contributed by atoms with van der Waals surface area (Å²) in [6, 6.07) is 11.8. The number of rotatable bonds is 6. The van der Waals surface area contributed by atoms with Crippen molar-refractivity contribution in [1.29, 1.82) is 0 Å². The van der Waals surface area contributed by atoms with Crippen LogP contribution in [-0.2, 0) is 10.0 Å². The summed E-state index contributed by atoms with van der Waals surface area (Å²) in [5, 5.41) is 4.72. The lowest BCUT2D eigenvalue weighted by Gasteiger charge is -2.30. The lowest BCUT2D eigenvalue weighted by Crippen LogP contribution is -2.41. The number of sulfonamides is 1. The Balaban J connectivity index is 1.57. The summed E-state index contributed by atoms with van der Waals surface area (Å²) < 4.78 is 32.1. The van der Waals surface area contributed by atoms with Crippen LogP contribution in [0.5, 0.6) is 5.75 Å². The Morgan fingerprint density at radius 3 is 2.40 bits per heavy atom. The van der Waals surface area contributed by atoms with Crippen LogP contribution in [0.3, 0.4) is 0 Å². The molecule has 1 aliphatic heterocycles. The van der Waals surface area contributed by atoms with E-state index in [1.807, 2.05) is 35.7 Å². The number of carbonyl (C=O) groups is 1. The molecule has 3 rings (SSSR count). The predicted molar refractivity (Wildman–Crippen MR) is 115 cm³/mol. The average molecular weight is 449 g/mol. The minimum atomic E-state index is -4.03. The number of hydrogen-bond donors (Lipinski definition) is 3. The smallest absolute Gasteiger partial charge is 0.331 e. The summed E-state index contributed by atoms with van der Waals surface area (Å²) in [6.45, 7) is 3.65. The maximum atomic E-state index is 12.4. The molecule has 0 atom stereocenters. The number of carbonyl (C=O) groups excluding carboxylic acids is 1. The number of halogens is 1. The standard InChI is InChI=1S/C20H21ClN4O4S/c1-14-3-4-15(2)25(23-14)17-7-11-19(12-8-17)30(27,28)24-20(26)22-13-29-18-9-5-16(21)6-10-18/h3-12,23H,13H2,1-2H3,(H2,22,24,26). The SMILES string of the molecule is CC1=CC=C(C)N(c2ccc(S(=O)(=O)NC(=O)NCOc3ccc(Cl)cc3)cc2)N1. The van der Waals surface area contributed by atoms with Crippen molar-refractivity contribution >= 4 is 33.3 Å². The molecule has 0 aromatic heterocycles. The van der Waals surface area contributed by atoms with Crippen molar-refractivity contribution in [3.63, 3.8) is 0 Å². The van der Waals surface area contributed by atoms with Gasteiger partial charge in [-0.05, 0) is 74.5 Å². The molecule has 8 nitrogen and oxygen atoms in total. The molecule has 0 fully saturated rings. The molecule has 1 aliphatic rings. The zero-order valence-electron chi connectivity index (χ0n) is 16.3. The lowest BCUT2D eigenvalue weighted by molar-refractivity contribution is 0.228. The normalized spacial score (nSPS) is 13.6. The second-order valence-electron chi connectivity index (χ2n) is 6.45. The van der Waals surface area contributed by atoms with E-state index in [2.05, 4.69) is 10.7 Å². The van der Waals surface area contributed by atoms with Crippen LogP contribution in [0, 0.1) is 0 Å². The summed E-state index contributed by atoms with van der Waals surface area (Å²) in [5.74, 6) is 0.485. The molecular weight excluding hydrogens is 428 g/mol.